The summed E-state index contributed by atoms with van der Waals surface area (Å²) in [6.07, 6.45) is 2.77. The van der Waals surface area contributed by atoms with Crippen LogP contribution in [0.3, 0.4) is 0 Å². The number of nitrogens with zero attached hydrogens (tertiary/aromatic N) is 1. The van der Waals surface area contributed by atoms with Crippen LogP contribution in [-0.4, -0.2) is 38.6 Å². The number of furan rings is 1. The Morgan fingerprint density at radius 1 is 1.04 bits per heavy atom. The fourth-order valence-electron chi connectivity index (χ4n) is 3.23. The summed E-state index contributed by atoms with van der Waals surface area (Å²) in [6, 6.07) is 9.96. The van der Waals surface area contributed by atoms with E-state index >= 15 is 0 Å². The van der Waals surface area contributed by atoms with Crippen LogP contribution >= 0.6 is 0 Å². The minimum atomic E-state index is 0.0707. The third kappa shape index (κ3) is 4.14. The normalized spacial score (nSPS) is 10.9. The van der Waals surface area contributed by atoms with Gasteiger partial charge in [-0.2, -0.15) is 0 Å². The van der Waals surface area contributed by atoms with Gasteiger partial charge in [-0.3, -0.25) is 4.79 Å². The first kappa shape index (κ1) is 19.8. The van der Waals surface area contributed by atoms with Crippen molar-refractivity contribution in [1.82, 2.24) is 4.90 Å². The van der Waals surface area contributed by atoms with E-state index in [1.165, 1.54) is 11.1 Å². The fourth-order valence-corrected chi connectivity index (χ4v) is 3.23. The molecule has 28 heavy (non-hydrogen) atoms. The van der Waals surface area contributed by atoms with E-state index in [9.17, 15) is 4.79 Å². The highest BCUT2D eigenvalue weighted by Gasteiger charge is 2.15. The maximum atomic E-state index is 12.7. The van der Waals surface area contributed by atoms with Crippen LogP contribution < -0.4 is 9.47 Å². The molecule has 0 saturated heterocycles. The van der Waals surface area contributed by atoms with Crippen LogP contribution in [0.25, 0.3) is 11.0 Å². The molecule has 0 bridgehead atoms. The molecule has 0 aliphatic heterocycles. The van der Waals surface area contributed by atoms with Crippen molar-refractivity contribution in [2.45, 2.75) is 26.7 Å². The van der Waals surface area contributed by atoms with Crippen LogP contribution in [0.4, 0.5) is 0 Å². The second-order valence-corrected chi connectivity index (χ2v) is 7.12. The monoisotopic (exact) mass is 381 g/mol. The lowest BCUT2D eigenvalue weighted by Gasteiger charge is -2.17. The average Bonchev–Trinajstić information content (AvgIpc) is 3.07. The molecule has 0 radical (unpaired) electrons. The van der Waals surface area contributed by atoms with E-state index < -0.39 is 0 Å². The Kier molecular flexibility index (Phi) is 5.93. The Labute approximate surface area is 165 Å². The van der Waals surface area contributed by atoms with Crippen molar-refractivity contribution in [2.24, 2.45) is 0 Å². The first-order valence-electron chi connectivity index (χ1n) is 9.35. The average molecular weight is 381 g/mol. The molecule has 5 heteroatoms. The van der Waals surface area contributed by atoms with Gasteiger partial charge in [0.05, 0.1) is 26.9 Å². The molecule has 0 N–H and O–H groups in total. The van der Waals surface area contributed by atoms with Gasteiger partial charge in [0.15, 0.2) is 11.5 Å². The highest BCUT2D eigenvalue weighted by atomic mass is 16.5. The second kappa shape index (κ2) is 8.38. The zero-order chi connectivity index (χ0) is 20.3. The Morgan fingerprint density at radius 3 is 2.46 bits per heavy atom. The molecular formula is C23H27NO4. The van der Waals surface area contributed by atoms with Crippen LogP contribution in [0.1, 0.15) is 22.3 Å². The second-order valence-electron chi connectivity index (χ2n) is 7.12. The number of amides is 1. The first-order chi connectivity index (χ1) is 13.4. The SMILES string of the molecule is COc1ccc(CCN(C)C(=O)Cc2coc3cc(C)c(C)cc23)cc1OC. The summed E-state index contributed by atoms with van der Waals surface area (Å²) in [4.78, 5) is 14.5. The summed E-state index contributed by atoms with van der Waals surface area (Å²) in [5.74, 6) is 1.47. The number of rotatable bonds is 7. The van der Waals surface area contributed by atoms with Gasteiger partial charge in [0.25, 0.3) is 0 Å². The van der Waals surface area contributed by atoms with E-state index in [0.717, 1.165) is 28.5 Å². The Morgan fingerprint density at radius 2 is 1.75 bits per heavy atom. The molecule has 1 aromatic heterocycles. The number of carbonyl (C=O) groups is 1. The number of hydrogen-bond donors (Lipinski definition) is 0. The van der Waals surface area contributed by atoms with Gasteiger partial charge in [0.2, 0.25) is 5.91 Å². The van der Waals surface area contributed by atoms with Gasteiger partial charge < -0.3 is 18.8 Å². The number of fused-ring (bicyclic) bond motifs is 1. The van der Waals surface area contributed by atoms with Crippen molar-refractivity contribution < 1.29 is 18.7 Å². The smallest absolute Gasteiger partial charge is 0.226 e. The van der Waals surface area contributed by atoms with E-state index in [1.807, 2.05) is 31.3 Å². The summed E-state index contributed by atoms with van der Waals surface area (Å²) in [7, 11) is 5.07. The molecule has 2 aromatic carbocycles. The van der Waals surface area contributed by atoms with Crippen LogP contribution in [0.5, 0.6) is 11.5 Å². The Bertz CT molecular complexity index is 990. The lowest BCUT2D eigenvalue weighted by molar-refractivity contribution is -0.129. The standard InChI is InChI=1S/C23H27NO4/c1-15-10-19-18(14-28-21(19)11-16(15)2)13-23(25)24(3)9-8-17-6-7-20(26-4)22(12-17)27-5/h6-7,10-12,14H,8-9,13H2,1-5H3. The number of hydrogen-bond acceptors (Lipinski definition) is 4. The van der Waals surface area contributed by atoms with Gasteiger partial charge in [0, 0.05) is 24.5 Å². The molecule has 1 heterocycles. The molecule has 0 saturated carbocycles. The zero-order valence-electron chi connectivity index (χ0n) is 17.2. The maximum Gasteiger partial charge on any atom is 0.226 e. The van der Waals surface area contributed by atoms with Crippen molar-refractivity contribution >= 4 is 16.9 Å². The summed E-state index contributed by atoms with van der Waals surface area (Å²) < 4.78 is 16.3. The Hall–Kier alpha value is -2.95. The number of carbonyl (C=O) groups excluding carboxylic acids is 1. The molecule has 0 aliphatic carbocycles. The van der Waals surface area contributed by atoms with Crippen molar-refractivity contribution in [1.29, 1.82) is 0 Å². The first-order valence-corrected chi connectivity index (χ1v) is 9.35. The fraction of sp³-hybridized carbons (Fsp3) is 0.348. The van der Waals surface area contributed by atoms with Gasteiger partial charge in [-0.1, -0.05) is 6.07 Å². The molecule has 148 valence electrons. The van der Waals surface area contributed by atoms with Crippen LogP contribution in [0.15, 0.2) is 41.0 Å². The van der Waals surface area contributed by atoms with Gasteiger partial charge in [-0.05, 0) is 61.2 Å². The van der Waals surface area contributed by atoms with Gasteiger partial charge >= 0.3 is 0 Å². The maximum absolute atomic E-state index is 12.7. The van der Waals surface area contributed by atoms with E-state index in [0.29, 0.717) is 24.5 Å². The van der Waals surface area contributed by atoms with Crippen LogP contribution in [-0.2, 0) is 17.6 Å². The number of benzene rings is 2. The molecule has 5 nitrogen and oxygen atoms in total. The largest absolute Gasteiger partial charge is 0.493 e. The molecule has 0 fully saturated rings. The Balaban J connectivity index is 1.65. The lowest BCUT2D eigenvalue weighted by Crippen LogP contribution is -2.30. The minimum Gasteiger partial charge on any atom is -0.493 e. The van der Waals surface area contributed by atoms with Gasteiger partial charge in [0.1, 0.15) is 5.58 Å². The highest BCUT2D eigenvalue weighted by Crippen LogP contribution is 2.28. The predicted molar refractivity (Wildman–Crippen MR) is 110 cm³/mol. The molecule has 0 spiro atoms. The predicted octanol–water partition coefficient (Wildman–Crippen LogP) is 4.31. The molecule has 0 aliphatic rings. The van der Waals surface area contributed by atoms with Crippen LogP contribution in [0, 0.1) is 13.8 Å². The number of likely N-dealkylation sites (N-methyl/N-ethyl adjacent to an activating group) is 1. The van der Waals surface area contributed by atoms with Crippen molar-refractivity contribution in [2.75, 3.05) is 27.8 Å². The summed E-state index contributed by atoms with van der Waals surface area (Å²) in [5, 5.41) is 1.02. The molecule has 3 rings (SSSR count). The molecule has 0 atom stereocenters. The molecule has 1 amide bonds. The number of methoxy groups -OCH3 is 2. The summed E-state index contributed by atoms with van der Waals surface area (Å²) in [6.45, 7) is 4.76. The molecule has 0 unspecified atom stereocenters. The topological polar surface area (TPSA) is 51.9 Å². The quantitative estimate of drug-likeness (QED) is 0.612. The lowest BCUT2D eigenvalue weighted by atomic mass is 10.0. The summed E-state index contributed by atoms with van der Waals surface area (Å²) in [5.41, 5.74) is 5.24. The van der Waals surface area contributed by atoms with Gasteiger partial charge in [-0.15, -0.1) is 0 Å². The van der Waals surface area contributed by atoms with Crippen molar-refractivity contribution in [3.8, 4) is 11.5 Å². The number of ether oxygens (including phenoxy) is 2. The van der Waals surface area contributed by atoms with Crippen LogP contribution in [0.2, 0.25) is 0 Å². The number of aryl methyl sites for hydroxylation is 2. The van der Waals surface area contributed by atoms with Gasteiger partial charge in [-0.25, -0.2) is 0 Å². The molecular weight excluding hydrogens is 354 g/mol. The van der Waals surface area contributed by atoms with E-state index in [2.05, 4.69) is 19.9 Å². The highest BCUT2D eigenvalue weighted by molar-refractivity contribution is 5.88. The third-order valence-corrected chi connectivity index (χ3v) is 5.22. The molecule has 3 aromatic rings. The van der Waals surface area contributed by atoms with E-state index in [1.54, 1.807) is 25.4 Å². The minimum absolute atomic E-state index is 0.0707. The summed E-state index contributed by atoms with van der Waals surface area (Å²) >= 11 is 0. The van der Waals surface area contributed by atoms with Crippen molar-refractivity contribution in [3.63, 3.8) is 0 Å². The zero-order valence-corrected chi connectivity index (χ0v) is 17.2. The third-order valence-electron chi connectivity index (χ3n) is 5.22. The van der Waals surface area contributed by atoms with E-state index in [-0.39, 0.29) is 5.91 Å². The van der Waals surface area contributed by atoms with Crippen molar-refractivity contribution in [3.05, 3.63) is 58.8 Å². The van der Waals surface area contributed by atoms with E-state index in [4.69, 9.17) is 13.9 Å².